The normalized spacial score (nSPS) is 14.8. The van der Waals surface area contributed by atoms with Crippen LogP contribution in [0.3, 0.4) is 0 Å². The fourth-order valence-electron chi connectivity index (χ4n) is 2.57. The number of carbonyl (C=O) groups excluding carboxylic acids is 1. The van der Waals surface area contributed by atoms with Crippen molar-refractivity contribution in [1.82, 2.24) is 5.32 Å². The SMILES string of the molecule is Cc1ccc(OCCOc2ccc([N+](=O)[O-])cc2/C=C2\SC(=S)NC2=O)cc1C. The van der Waals surface area contributed by atoms with Crippen LogP contribution in [-0.4, -0.2) is 28.4 Å². The molecular formula is C20H18N2O5S2. The van der Waals surface area contributed by atoms with Gasteiger partial charge in [-0.3, -0.25) is 14.9 Å². The number of aryl methyl sites for hydroxylation is 2. The highest BCUT2D eigenvalue weighted by Crippen LogP contribution is 2.31. The molecule has 2 aromatic rings. The van der Waals surface area contributed by atoms with E-state index in [1.54, 1.807) is 0 Å². The predicted molar refractivity (Wildman–Crippen MR) is 116 cm³/mol. The first-order valence-corrected chi connectivity index (χ1v) is 9.92. The standard InChI is InChI=1S/C20H18N2O5S2/c1-12-3-5-16(9-13(12)2)26-7-8-27-17-6-4-15(22(24)25)10-14(17)11-18-19(23)21-20(28)29-18/h3-6,9-11H,7-8H2,1-2H3,(H,21,23,28)/b18-11-. The zero-order valence-corrected chi connectivity index (χ0v) is 17.4. The highest BCUT2D eigenvalue weighted by Gasteiger charge is 2.23. The van der Waals surface area contributed by atoms with Crippen LogP contribution < -0.4 is 14.8 Å². The molecule has 1 heterocycles. The number of nitrogens with one attached hydrogen (secondary N) is 1. The smallest absolute Gasteiger partial charge is 0.270 e. The van der Waals surface area contributed by atoms with Gasteiger partial charge in [0, 0.05) is 17.7 Å². The van der Waals surface area contributed by atoms with E-state index < -0.39 is 4.92 Å². The van der Waals surface area contributed by atoms with Gasteiger partial charge in [0.15, 0.2) is 0 Å². The van der Waals surface area contributed by atoms with Crippen molar-refractivity contribution in [2.45, 2.75) is 13.8 Å². The minimum absolute atomic E-state index is 0.0958. The van der Waals surface area contributed by atoms with E-state index in [-0.39, 0.29) is 18.2 Å². The maximum Gasteiger partial charge on any atom is 0.270 e. The summed E-state index contributed by atoms with van der Waals surface area (Å²) in [5.41, 5.74) is 2.65. The van der Waals surface area contributed by atoms with Gasteiger partial charge in [-0.15, -0.1) is 0 Å². The van der Waals surface area contributed by atoms with E-state index in [2.05, 4.69) is 5.32 Å². The summed E-state index contributed by atoms with van der Waals surface area (Å²) in [5.74, 6) is 0.823. The number of non-ortho nitro benzene ring substituents is 1. The third kappa shape index (κ3) is 5.33. The number of hydrogen-bond acceptors (Lipinski definition) is 7. The molecule has 0 aromatic heterocycles. The molecule has 7 nitrogen and oxygen atoms in total. The van der Waals surface area contributed by atoms with Gasteiger partial charge in [-0.25, -0.2) is 0 Å². The lowest BCUT2D eigenvalue weighted by Gasteiger charge is -2.11. The average molecular weight is 431 g/mol. The molecule has 1 aliphatic rings. The van der Waals surface area contributed by atoms with Crippen molar-refractivity contribution in [2.24, 2.45) is 0 Å². The fourth-order valence-corrected chi connectivity index (χ4v) is 3.61. The Balaban J connectivity index is 1.71. The summed E-state index contributed by atoms with van der Waals surface area (Å²) in [4.78, 5) is 22.9. The lowest BCUT2D eigenvalue weighted by Crippen LogP contribution is -2.17. The second-order valence-corrected chi connectivity index (χ2v) is 7.99. The van der Waals surface area contributed by atoms with Crippen molar-refractivity contribution >= 4 is 46.0 Å². The third-order valence-electron chi connectivity index (χ3n) is 4.22. The van der Waals surface area contributed by atoms with Crippen LogP contribution in [0.15, 0.2) is 41.3 Å². The van der Waals surface area contributed by atoms with Crippen LogP contribution in [0.2, 0.25) is 0 Å². The Kier molecular flexibility index (Phi) is 6.50. The Morgan fingerprint density at radius 1 is 1.14 bits per heavy atom. The van der Waals surface area contributed by atoms with Gasteiger partial charge in [-0.2, -0.15) is 0 Å². The first-order valence-electron chi connectivity index (χ1n) is 8.69. The van der Waals surface area contributed by atoms with E-state index >= 15 is 0 Å². The van der Waals surface area contributed by atoms with Crippen molar-refractivity contribution in [3.05, 3.63) is 68.1 Å². The van der Waals surface area contributed by atoms with E-state index in [4.69, 9.17) is 21.7 Å². The second-order valence-electron chi connectivity index (χ2n) is 6.27. The number of nitro benzene ring substituents is 1. The second kappa shape index (κ2) is 9.06. The van der Waals surface area contributed by atoms with Gasteiger partial charge in [0.25, 0.3) is 11.6 Å². The Bertz CT molecular complexity index is 1020. The first kappa shape index (κ1) is 20.8. The van der Waals surface area contributed by atoms with Crippen molar-refractivity contribution in [3.8, 4) is 11.5 Å². The van der Waals surface area contributed by atoms with Gasteiger partial charge in [-0.05, 0) is 49.2 Å². The summed E-state index contributed by atoms with van der Waals surface area (Å²) < 4.78 is 11.8. The molecule has 0 spiro atoms. The molecule has 1 amide bonds. The number of ether oxygens (including phenoxy) is 2. The number of benzene rings is 2. The molecule has 1 aliphatic heterocycles. The van der Waals surface area contributed by atoms with E-state index in [0.717, 1.165) is 23.1 Å². The highest BCUT2D eigenvalue weighted by atomic mass is 32.2. The number of thioether (sulfide) groups is 1. The van der Waals surface area contributed by atoms with Crippen LogP contribution in [0.5, 0.6) is 11.5 Å². The van der Waals surface area contributed by atoms with Crippen LogP contribution in [0, 0.1) is 24.0 Å². The van der Waals surface area contributed by atoms with Gasteiger partial charge < -0.3 is 14.8 Å². The minimum atomic E-state index is -0.499. The van der Waals surface area contributed by atoms with Crippen molar-refractivity contribution in [1.29, 1.82) is 0 Å². The molecule has 1 N–H and O–H groups in total. The van der Waals surface area contributed by atoms with Crippen LogP contribution in [0.4, 0.5) is 5.69 Å². The maximum absolute atomic E-state index is 11.9. The molecular weight excluding hydrogens is 412 g/mol. The number of amides is 1. The molecule has 1 saturated heterocycles. The molecule has 0 radical (unpaired) electrons. The molecule has 150 valence electrons. The number of thiocarbonyl (C=S) groups is 1. The Hall–Kier alpha value is -2.91. The largest absolute Gasteiger partial charge is 0.490 e. The molecule has 0 saturated carbocycles. The van der Waals surface area contributed by atoms with Crippen molar-refractivity contribution in [2.75, 3.05) is 13.2 Å². The van der Waals surface area contributed by atoms with Crippen molar-refractivity contribution < 1.29 is 19.2 Å². The van der Waals surface area contributed by atoms with Crippen LogP contribution >= 0.6 is 24.0 Å². The van der Waals surface area contributed by atoms with Gasteiger partial charge >= 0.3 is 0 Å². The molecule has 0 atom stereocenters. The van der Waals surface area contributed by atoms with E-state index in [9.17, 15) is 14.9 Å². The summed E-state index contributed by atoms with van der Waals surface area (Å²) in [5, 5.41) is 13.6. The van der Waals surface area contributed by atoms with E-state index in [1.165, 1.54) is 29.8 Å². The summed E-state index contributed by atoms with van der Waals surface area (Å²) in [7, 11) is 0. The highest BCUT2D eigenvalue weighted by molar-refractivity contribution is 8.26. The number of hydrogen-bond donors (Lipinski definition) is 1. The average Bonchev–Trinajstić information content (AvgIpc) is 2.99. The molecule has 0 unspecified atom stereocenters. The molecule has 0 bridgehead atoms. The molecule has 9 heteroatoms. The number of nitrogens with zero attached hydrogens (tertiary/aromatic N) is 1. The zero-order valence-electron chi connectivity index (χ0n) is 15.8. The van der Waals surface area contributed by atoms with Crippen molar-refractivity contribution in [3.63, 3.8) is 0 Å². The number of rotatable bonds is 7. The van der Waals surface area contributed by atoms with Gasteiger partial charge in [0.1, 0.15) is 29.0 Å². The van der Waals surface area contributed by atoms with Crippen LogP contribution in [0.25, 0.3) is 6.08 Å². The first-order chi connectivity index (χ1) is 13.8. The fraction of sp³-hybridized carbons (Fsp3) is 0.200. The molecule has 3 rings (SSSR count). The third-order valence-corrected chi connectivity index (χ3v) is 5.38. The lowest BCUT2D eigenvalue weighted by molar-refractivity contribution is -0.384. The number of carbonyl (C=O) groups is 1. The molecule has 0 aliphatic carbocycles. The Morgan fingerprint density at radius 2 is 1.90 bits per heavy atom. The molecule has 29 heavy (non-hydrogen) atoms. The molecule has 2 aromatic carbocycles. The van der Waals surface area contributed by atoms with E-state index in [0.29, 0.717) is 27.1 Å². The topological polar surface area (TPSA) is 90.7 Å². The monoisotopic (exact) mass is 430 g/mol. The van der Waals surface area contributed by atoms with Gasteiger partial charge in [0.2, 0.25) is 0 Å². The quantitative estimate of drug-likeness (QED) is 0.232. The molecule has 1 fully saturated rings. The number of nitro groups is 1. The minimum Gasteiger partial charge on any atom is -0.490 e. The van der Waals surface area contributed by atoms with Gasteiger partial charge in [-0.1, -0.05) is 30.0 Å². The zero-order chi connectivity index (χ0) is 21.0. The Morgan fingerprint density at radius 3 is 2.55 bits per heavy atom. The summed E-state index contributed by atoms with van der Waals surface area (Å²) in [6, 6.07) is 10.1. The van der Waals surface area contributed by atoms with E-state index in [1.807, 2.05) is 32.0 Å². The van der Waals surface area contributed by atoms with Crippen LogP contribution in [0.1, 0.15) is 16.7 Å². The predicted octanol–water partition coefficient (Wildman–Crippen LogP) is 4.16. The summed E-state index contributed by atoms with van der Waals surface area (Å²) in [6.45, 7) is 4.58. The lowest BCUT2D eigenvalue weighted by atomic mass is 10.1. The maximum atomic E-state index is 11.9. The Labute approximate surface area is 177 Å². The van der Waals surface area contributed by atoms with Gasteiger partial charge in [0.05, 0.1) is 9.83 Å². The summed E-state index contributed by atoms with van der Waals surface area (Å²) >= 11 is 6.07. The summed E-state index contributed by atoms with van der Waals surface area (Å²) in [6.07, 6.45) is 1.53. The van der Waals surface area contributed by atoms with Crippen LogP contribution in [-0.2, 0) is 4.79 Å².